The molecule has 3 aromatic rings. The Kier molecular flexibility index (Phi) is 2.52. The summed E-state index contributed by atoms with van der Waals surface area (Å²) in [6, 6.07) is 13.2. The third-order valence-corrected chi connectivity index (χ3v) is 4.91. The van der Waals surface area contributed by atoms with Crippen LogP contribution < -0.4 is 10.2 Å². The summed E-state index contributed by atoms with van der Waals surface area (Å²) in [7, 11) is 0. The number of anilines is 1. The van der Waals surface area contributed by atoms with E-state index in [9.17, 15) is 0 Å². The van der Waals surface area contributed by atoms with Gasteiger partial charge in [-0.1, -0.05) is 6.07 Å². The Labute approximate surface area is 128 Å². The van der Waals surface area contributed by atoms with Crippen molar-refractivity contribution in [1.29, 1.82) is 0 Å². The van der Waals surface area contributed by atoms with Crippen molar-refractivity contribution >= 4 is 16.7 Å². The number of aromatic amines is 1. The number of nitrogens with zero attached hydrogens (tertiary/aromatic N) is 3. The van der Waals surface area contributed by atoms with E-state index < -0.39 is 0 Å². The largest absolute Gasteiger partial charge is 0.361 e. The molecule has 2 aliphatic rings. The Hall–Kier alpha value is -2.40. The Bertz CT molecular complexity index is 810. The van der Waals surface area contributed by atoms with Crippen LogP contribution in [0.2, 0.25) is 0 Å². The van der Waals surface area contributed by atoms with E-state index >= 15 is 0 Å². The molecule has 2 N–H and O–H groups in total. The fourth-order valence-electron chi connectivity index (χ4n) is 3.50. The summed E-state index contributed by atoms with van der Waals surface area (Å²) in [5.74, 6) is 1.78. The van der Waals surface area contributed by atoms with E-state index in [1.807, 2.05) is 6.20 Å². The molecular formula is C17H17N5. The number of nitrogens with one attached hydrogen (secondary N) is 2. The van der Waals surface area contributed by atoms with Crippen molar-refractivity contribution in [2.45, 2.75) is 6.04 Å². The smallest absolute Gasteiger partial charge is 0.151 e. The van der Waals surface area contributed by atoms with Gasteiger partial charge in [0, 0.05) is 54.3 Å². The molecule has 2 aromatic heterocycles. The molecular weight excluding hydrogens is 274 g/mol. The number of hydrogen-bond donors (Lipinski definition) is 2. The Balaban J connectivity index is 1.43. The Morgan fingerprint density at radius 1 is 1.05 bits per heavy atom. The highest BCUT2D eigenvalue weighted by molar-refractivity contribution is 5.84. The van der Waals surface area contributed by atoms with Gasteiger partial charge in [-0.2, -0.15) is 0 Å². The first-order chi connectivity index (χ1) is 10.9. The molecule has 5 rings (SSSR count). The summed E-state index contributed by atoms with van der Waals surface area (Å²) in [6.07, 6.45) is 1.96. The van der Waals surface area contributed by atoms with Gasteiger partial charge in [-0.3, -0.25) is 0 Å². The molecule has 2 saturated heterocycles. The van der Waals surface area contributed by atoms with Gasteiger partial charge >= 0.3 is 0 Å². The minimum atomic E-state index is 0.650. The third kappa shape index (κ3) is 1.82. The highest BCUT2D eigenvalue weighted by Crippen LogP contribution is 2.28. The molecule has 2 aliphatic heterocycles. The van der Waals surface area contributed by atoms with Gasteiger partial charge in [0.15, 0.2) is 5.82 Å². The van der Waals surface area contributed by atoms with Crippen molar-refractivity contribution in [3.05, 3.63) is 42.6 Å². The molecule has 22 heavy (non-hydrogen) atoms. The van der Waals surface area contributed by atoms with Gasteiger partial charge in [-0.05, 0) is 30.3 Å². The second-order valence-electron chi connectivity index (χ2n) is 6.24. The maximum Gasteiger partial charge on any atom is 0.151 e. The van der Waals surface area contributed by atoms with Gasteiger partial charge in [-0.25, -0.2) is 0 Å². The zero-order valence-electron chi connectivity index (χ0n) is 12.2. The highest BCUT2D eigenvalue weighted by Gasteiger charge is 2.39. The van der Waals surface area contributed by atoms with E-state index in [1.165, 1.54) is 5.39 Å². The lowest BCUT2D eigenvalue weighted by Gasteiger charge is -2.29. The summed E-state index contributed by atoms with van der Waals surface area (Å²) in [5.41, 5.74) is 3.18. The normalized spacial score (nSPS) is 23.5. The summed E-state index contributed by atoms with van der Waals surface area (Å²) < 4.78 is 0. The van der Waals surface area contributed by atoms with Crippen LogP contribution in [0.5, 0.6) is 0 Å². The number of aromatic nitrogens is 3. The molecule has 4 heterocycles. The summed E-state index contributed by atoms with van der Waals surface area (Å²) in [6.45, 7) is 3.29. The van der Waals surface area contributed by atoms with Crippen LogP contribution >= 0.6 is 0 Å². The van der Waals surface area contributed by atoms with E-state index in [0.717, 1.165) is 48.1 Å². The lowest BCUT2D eigenvalue weighted by atomic mass is 9.96. The van der Waals surface area contributed by atoms with Crippen LogP contribution in [0.25, 0.3) is 22.2 Å². The second kappa shape index (κ2) is 4.55. The van der Waals surface area contributed by atoms with Crippen LogP contribution in [0.4, 0.5) is 5.82 Å². The van der Waals surface area contributed by atoms with Crippen LogP contribution in [0, 0.1) is 5.92 Å². The van der Waals surface area contributed by atoms with Crippen LogP contribution in [0.15, 0.2) is 42.6 Å². The van der Waals surface area contributed by atoms with E-state index in [-0.39, 0.29) is 0 Å². The fourth-order valence-corrected chi connectivity index (χ4v) is 3.50. The zero-order valence-corrected chi connectivity index (χ0v) is 12.2. The van der Waals surface area contributed by atoms with Gasteiger partial charge in [-0.15, -0.1) is 10.2 Å². The highest BCUT2D eigenvalue weighted by atomic mass is 15.3. The van der Waals surface area contributed by atoms with Gasteiger partial charge in [0.05, 0.1) is 5.69 Å². The van der Waals surface area contributed by atoms with E-state index in [4.69, 9.17) is 0 Å². The van der Waals surface area contributed by atoms with Gasteiger partial charge < -0.3 is 15.2 Å². The van der Waals surface area contributed by atoms with E-state index in [0.29, 0.717) is 6.04 Å². The van der Waals surface area contributed by atoms with Gasteiger partial charge in [0.1, 0.15) is 0 Å². The quantitative estimate of drug-likeness (QED) is 0.758. The molecule has 2 atom stereocenters. The maximum absolute atomic E-state index is 4.44. The Morgan fingerprint density at radius 2 is 2.05 bits per heavy atom. The number of hydrogen-bond acceptors (Lipinski definition) is 4. The molecule has 5 heteroatoms. The average Bonchev–Trinajstić information content (AvgIpc) is 3.12. The monoisotopic (exact) mass is 291 g/mol. The van der Waals surface area contributed by atoms with Gasteiger partial charge in [0.2, 0.25) is 0 Å². The third-order valence-electron chi connectivity index (χ3n) is 4.91. The molecule has 2 fully saturated rings. The molecule has 110 valence electrons. The predicted octanol–water partition coefficient (Wildman–Crippen LogP) is 2.03. The lowest BCUT2D eigenvalue weighted by molar-refractivity contribution is 0.297. The minimum Gasteiger partial charge on any atom is -0.361 e. The summed E-state index contributed by atoms with van der Waals surface area (Å²) >= 11 is 0. The molecule has 0 bridgehead atoms. The number of H-pyrrole nitrogens is 1. The van der Waals surface area contributed by atoms with Crippen LogP contribution in [0.1, 0.15) is 0 Å². The first-order valence-corrected chi connectivity index (χ1v) is 7.76. The van der Waals surface area contributed by atoms with Crippen molar-refractivity contribution in [2.24, 2.45) is 5.92 Å². The topological polar surface area (TPSA) is 56.8 Å². The van der Waals surface area contributed by atoms with Crippen molar-refractivity contribution in [1.82, 2.24) is 20.5 Å². The fraction of sp³-hybridized carbons (Fsp3) is 0.294. The van der Waals surface area contributed by atoms with Crippen LogP contribution in [0.3, 0.4) is 0 Å². The lowest BCUT2D eigenvalue weighted by Crippen LogP contribution is -2.51. The van der Waals surface area contributed by atoms with Crippen molar-refractivity contribution in [2.75, 3.05) is 24.5 Å². The van der Waals surface area contributed by atoms with Crippen molar-refractivity contribution < 1.29 is 0 Å². The minimum absolute atomic E-state index is 0.650. The molecule has 0 amide bonds. The maximum atomic E-state index is 4.44. The number of benzene rings is 1. The SMILES string of the molecule is c1cc2cc(-c3ccc(N4C[C@@H]5CN[C@@H]5C4)nn3)ccc2[nH]1. The molecule has 0 unspecified atom stereocenters. The number of fused-ring (bicyclic) bond motifs is 2. The van der Waals surface area contributed by atoms with Crippen LogP contribution in [-0.2, 0) is 0 Å². The van der Waals surface area contributed by atoms with E-state index in [2.05, 4.69) is 61.8 Å². The predicted molar refractivity (Wildman–Crippen MR) is 86.8 cm³/mol. The second-order valence-corrected chi connectivity index (χ2v) is 6.24. The molecule has 0 aliphatic carbocycles. The Morgan fingerprint density at radius 3 is 2.77 bits per heavy atom. The first-order valence-electron chi connectivity index (χ1n) is 7.76. The van der Waals surface area contributed by atoms with Crippen LogP contribution in [-0.4, -0.2) is 40.9 Å². The number of rotatable bonds is 2. The summed E-state index contributed by atoms with van der Waals surface area (Å²) in [4.78, 5) is 5.54. The molecule has 1 aromatic carbocycles. The van der Waals surface area contributed by atoms with E-state index in [1.54, 1.807) is 0 Å². The van der Waals surface area contributed by atoms with Crippen molar-refractivity contribution in [3.63, 3.8) is 0 Å². The molecule has 0 radical (unpaired) electrons. The molecule has 0 saturated carbocycles. The molecule has 5 nitrogen and oxygen atoms in total. The summed E-state index contributed by atoms with van der Waals surface area (Å²) in [5, 5.41) is 13.5. The zero-order chi connectivity index (χ0) is 14.5. The first kappa shape index (κ1) is 12.2. The van der Waals surface area contributed by atoms with Crippen molar-refractivity contribution in [3.8, 4) is 11.3 Å². The molecule has 0 spiro atoms. The standard InChI is InChI=1S/C17H17N5/c1-2-14-12(5-6-18-14)7-11(1)15-3-4-17(21-20-15)22-9-13-8-19-16(13)10-22/h1-7,13,16,18-19H,8-10H2/t13-,16+/m0/s1. The van der Waals surface area contributed by atoms with Gasteiger partial charge in [0.25, 0.3) is 0 Å². The average molecular weight is 291 g/mol.